The van der Waals surface area contributed by atoms with Crippen molar-refractivity contribution in [3.8, 4) is 11.1 Å². The Morgan fingerprint density at radius 3 is 1.48 bits per heavy atom. The Morgan fingerprint density at radius 1 is 0.720 bits per heavy atom. The van der Waals surface area contributed by atoms with Crippen molar-refractivity contribution in [2.75, 3.05) is 41.3 Å². The van der Waals surface area contributed by atoms with Crippen molar-refractivity contribution in [2.24, 2.45) is 0 Å². The van der Waals surface area contributed by atoms with Gasteiger partial charge < -0.3 is 9.80 Å². The summed E-state index contributed by atoms with van der Waals surface area (Å²) < 4.78 is 2.33. The van der Waals surface area contributed by atoms with Crippen molar-refractivity contribution in [3.63, 3.8) is 0 Å². The summed E-state index contributed by atoms with van der Waals surface area (Å²) in [6.45, 7) is 2.15. The fraction of sp³-hybridized carbons (Fsp3) is 0.429. The number of rotatable bonds is 6. The highest BCUT2D eigenvalue weighted by Gasteiger charge is 2.42. The van der Waals surface area contributed by atoms with E-state index in [1.807, 2.05) is 0 Å². The van der Waals surface area contributed by atoms with E-state index in [2.05, 4.69) is 106 Å². The molecule has 4 heteroatoms. The lowest BCUT2D eigenvalue weighted by molar-refractivity contribution is 0.300. The third-order valence-electron chi connectivity index (χ3n) is 5.26. The molecule has 0 amide bonds. The number of hydrogen-bond acceptors (Lipinski definition) is 2. The zero-order valence-electron chi connectivity index (χ0n) is 15.4. The Kier molecular flexibility index (Phi) is 5.74. The van der Waals surface area contributed by atoms with Crippen LogP contribution in [-0.2, 0) is 5.41 Å². The summed E-state index contributed by atoms with van der Waals surface area (Å²) in [5.74, 6) is 0. The van der Waals surface area contributed by atoms with E-state index in [0.29, 0.717) is 0 Å². The molecule has 0 spiro atoms. The zero-order chi connectivity index (χ0) is 18.2. The summed E-state index contributed by atoms with van der Waals surface area (Å²) in [6.07, 6.45) is 2.25. The molecule has 25 heavy (non-hydrogen) atoms. The third-order valence-corrected chi connectivity index (χ3v) is 6.24. The van der Waals surface area contributed by atoms with Gasteiger partial charge >= 0.3 is 0 Å². The van der Waals surface area contributed by atoms with E-state index < -0.39 is 0 Å². The average molecular weight is 466 g/mol. The van der Waals surface area contributed by atoms with Crippen molar-refractivity contribution in [1.82, 2.24) is 9.80 Å². The quantitative estimate of drug-likeness (QED) is 0.564. The zero-order valence-corrected chi connectivity index (χ0v) is 18.6. The minimum atomic E-state index is 0.0623. The van der Waals surface area contributed by atoms with Crippen LogP contribution in [0.1, 0.15) is 24.0 Å². The molecule has 2 nitrogen and oxygen atoms in total. The molecule has 2 aromatic carbocycles. The van der Waals surface area contributed by atoms with Gasteiger partial charge in [-0.05, 0) is 101 Å². The van der Waals surface area contributed by atoms with Crippen LogP contribution in [0.2, 0.25) is 0 Å². The minimum Gasteiger partial charge on any atom is -0.309 e. The summed E-state index contributed by atoms with van der Waals surface area (Å²) in [4.78, 5) is 4.59. The molecule has 0 fully saturated rings. The maximum Gasteiger partial charge on any atom is 0.0240 e. The molecule has 0 unspecified atom stereocenters. The molecule has 0 aromatic heterocycles. The third kappa shape index (κ3) is 3.73. The van der Waals surface area contributed by atoms with Gasteiger partial charge in [-0.2, -0.15) is 0 Å². The van der Waals surface area contributed by atoms with Gasteiger partial charge in [0.2, 0.25) is 0 Å². The molecule has 0 heterocycles. The van der Waals surface area contributed by atoms with Gasteiger partial charge in [-0.3, -0.25) is 0 Å². The topological polar surface area (TPSA) is 6.48 Å². The van der Waals surface area contributed by atoms with E-state index in [4.69, 9.17) is 0 Å². The molecular weight excluding hydrogens is 440 g/mol. The second kappa shape index (κ2) is 7.51. The molecule has 3 rings (SSSR count). The summed E-state index contributed by atoms with van der Waals surface area (Å²) in [7, 11) is 8.66. The first kappa shape index (κ1) is 19.1. The lowest BCUT2D eigenvalue weighted by Crippen LogP contribution is -2.33. The number of halogens is 2. The highest BCUT2D eigenvalue weighted by molar-refractivity contribution is 9.10. The lowest BCUT2D eigenvalue weighted by atomic mass is 9.72. The highest BCUT2D eigenvalue weighted by atomic mass is 79.9. The molecule has 134 valence electrons. The van der Waals surface area contributed by atoms with Crippen molar-refractivity contribution >= 4 is 31.9 Å². The van der Waals surface area contributed by atoms with Crippen molar-refractivity contribution < 1.29 is 0 Å². The van der Waals surface area contributed by atoms with Gasteiger partial charge in [0.15, 0.2) is 0 Å². The largest absolute Gasteiger partial charge is 0.309 e. The standard InChI is InChI=1S/C21H26Br2N2/c1-24(2)11-9-21(10-12-25(3)4)19-13-15(22)5-7-17(19)18-8-6-16(23)14-20(18)21/h5-8,13-14H,9-12H2,1-4H3. The van der Waals surface area contributed by atoms with Crippen LogP contribution >= 0.6 is 31.9 Å². The molecular formula is C21H26Br2N2. The lowest BCUT2D eigenvalue weighted by Gasteiger charge is -2.34. The van der Waals surface area contributed by atoms with Gasteiger partial charge in [-0.1, -0.05) is 44.0 Å². The highest BCUT2D eigenvalue weighted by Crippen LogP contribution is 2.54. The second-order valence-corrected chi connectivity index (χ2v) is 9.40. The number of nitrogens with zero attached hydrogens (tertiary/aromatic N) is 2. The smallest absolute Gasteiger partial charge is 0.0240 e. The monoisotopic (exact) mass is 464 g/mol. The van der Waals surface area contributed by atoms with Crippen LogP contribution in [-0.4, -0.2) is 51.1 Å². The maximum absolute atomic E-state index is 3.71. The molecule has 0 saturated heterocycles. The van der Waals surface area contributed by atoms with E-state index in [-0.39, 0.29) is 5.41 Å². The van der Waals surface area contributed by atoms with E-state index in [0.717, 1.165) is 34.9 Å². The number of hydrogen-bond donors (Lipinski definition) is 0. The predicted octanol–water partition coefficient (Wildman–Crippen LogP) is 5.38. The van der Waals surface area contributed by atoms with Crippen LogP contribution in [0.5, 0.6) is 0 Å². The van der Waals surface area contributed by atoms with Gasteiger partial charge in [0, 0.05) is 14.4 Å². The van der Waals surface area contributed by atoms with Crippen LogP contribution in [0.15, 0.2) is 45.3 Å². The molecule has 0 radical (unpaired) electrons. The summed E-state index contributed by atoms with van der Waals surface area (Å²) >= 11 is 7.41. The average Bonchev–Trinajstić information content (AvgIpc) is 2.80. The molecule has 2 aromatic rings. The molecule has 0 saturated carbocycles. The van der Waals surface area contributed by atoms with Crippen LogP contribution in [0, 0.1) is 0 Å². The minimum absolute atomic E-state index is 0.0623. The van der Waals surface area contributed by atoms with Crippen LogP contribution < -0.4 is 0 Å². The van der Waals surface area contributed by atoms with Crippen molar-refractivity contribution in [2.45, 2.75) is 18.3 Å². The first-order valence-electron chi connectivity index (χ1n) is 8.73. The van der Waals surface area contributed by atoms with E-state index >= 15 is 0 Å². The SMILES string of the molecule is CN(C)CCC1(CCN(C)C)c2cc(Br)ccc2-c2ccc(Br)cc21. The van der Waals surface area contributed by atoms with Crippen LogP contribution in [0.4, 0.5) is 0 Å². The normalized spacial score (nSPS) is 14.9. The molecule has 0 aliphatic heterocycles. The van der Waals surface area contributed by atoms with E-state index in [1.54, 1.807) is 0 Å². The Hall–Kier alpha value is -0.680. The molecule has 0 bridgehead atoms. The molecule has 0 N–H and O–H groups in total. The number of benzene rings is 2. The fourth-order valence-electron chi connectivity index (χ4n) is 3.93. The predicted molar refractivity (Wildman–Crippen MR) is 114 cm³/mol. The Bertz CT molecular complexity index is 703. The summed E-state index contributed by atoms with van der Waals surface area (Å²) in [5, 5.41) is 0. The molecule has 1 aliphatic carbocycles. The molecule has 0 atom stereocenters. The van der Waals surface area contributed by atoms with E-state index in [1.165, 1.54) is 22.3 Å². The van der Waals surface area contributed by atoms with Gasteiger partial charge in [-0.15, -0.1) is 0 Å². The second-order valence-electron chi connectivity index (χ2n) is 7.57. The Morgan fingerprint density at radius 2 is 1.12 bits per heavy atom. The first-order valence-corrected chi connectivity index (χ1v) is 10.3. The Balaban J connectivity index is 2.20. The van der Waals surface area contributed by atoms with Gasteiger partial charge in [0.05, 0.1) is 0 Å². The van der Waals surface area contributed by atoms with Crippen LogP contribution in [0.25, 0.3) is 11.1 Å². The van der Waals surface area contributed by atoms with Gasteiger partial charge in [0.1, 0.15) is 0 Å². The van der Waals surface area contributed by atoms with Gasteiger partial charge in [-0.25, -0.2) is 0 Å². The first-order chi connectivity index (χ1) is 11.8. The fourth-order valence-corrected chi connectivity index (χ4v) is 4.65. The van der Waals surface area contributed by atoms with Crippen molar-refractivity contribution in [1.29, 1.82) is 0 Å². The Labute approximate surface area is 168 Å². The summed E-state index contributed by atoms with van der Waals surface area (Å²) in [6, 6.07) is 13.6. The van der Waals surface area contributed by atoms with Crippen molar-refractivity contribution in [3.05, 3.63) is 56.5 Å². The van der Waals surface area contributed by atoms with Crippen LogP contribution in [0.3, 0.4) is 0 Å². The van der Waals surface area contributed by atoms with E-state index in [9.17, 15) is 0 Å². The van der Waals surface area contributed by atoms with Gasteiger partial charge in [0.25, 0.3) is 0 Å². The number of fused-ring (bicyclic) bond motifs is 3. The molecule has 1 aliphatic rings. The maximum atomic E-state index is 3.71. The summed E-state index contributed by atoms with van der Waals surface area (Å²) in [5.41, 5.74) is 5.79.